The number of hydrogen-bond donors (Lipinski definition) is 3. The molecule has 6 nitrogen and oxygen atoms in total. The summed E-state index contributed by atoms with van der Waals surface area (Å²) >= 11 is 0. The number of carbonyl (C=O) groups excluding carboxylic acids is 1. The van der Waals surface area contributed by atoms with Crippen LogP contribution in [0.4, 0.5) is 17.1 Å². The van der Waals surface area contributed by atoms with Crippen LogP contribution in [0.15, 0.2) is 77.7 Å². The molecule has 0 aromatic heterocycles. The van der Waals surface area contributed by atoms with E-state index in [1.54, 1.807) is 48.5 Å². The van der Waals surface area contributed by atoms with Crippen molar-refractivity contribution >= 4 is 33.0 Å². The number of amides is 1. The molecule has 3 rings (SSSR count). The van der Waals surface area contributed by atoms with E-state index in [0.717, 1.165) is 30.6 Å². The monoisotopic (exact) mass is 437 g/mol. The van der Waals surface area contributed by atoms with Gasteiger partial charge in [0.15, 0.2) is 0 Å². The first-order chi connectivity index (χ1) is 14.9. The van der Waals surface area contributed by atoms with Gasteiger partial charge in [-0.2, -0.15) is 0 Å². The van der Waals surface area contributed by atoms with Crippen LogP contribution in [0.1, 0.15) is 35.7 Å². The van der Waals surface area contributed by atoms with Crippen molar-refractivity contribution in [1.29, 1.82) is 0 Å². The van der Waals surface area contributed by atoms with E-state index >= 15 is 0 Å². The standard InChI is InChI=1S/C24H27N3O3S/c1-3-4-16-25-20-8-7-9-21(17-20)31(29,30)27-23-11-6-5-10-22(23)24(28)26-19-14-12-18(2)13-15-19/h5-15,17,25,27H,3-4,16H2,1-2H3,(H,26,28). The van der Waals surface area contributed by atoms with E-state index in [0.29, 0.717) is 5.69 Å². The highest BCUT2D eigenvalue weighted by molar-refractivity contribution is 7.92. The lowest BCUT2D eigenvalue weighted by atomic mass is 10.1. The summed E-state index contributed by atoms with van der Waals surface area (Å²) in [5, 5.41) is 6.03. The number of benzene rings is 3. The number of aryl methyl sites for hydroxylation is 1. The molecule has 0 unspecified atom stereocenters. The number of unbranched alkanes of at least 4 members (excludes halogenated alkanes) is 1. The van der Waals surface area contributed by atoms with Crippen molar-refractivity contribution in [3.63, 3.8) is 0 Å². The molecule has 0 bridgehead atoms. The van der Waals surface area contributed by atoms with Gasteiger partial charge in [0.2, 0.25) is 0 Å². The Kier molecular flexibility index (Phi) is 7.31. The molecule has 0 saturated heterocycles. The van der Waals surface area contributed by atoms with Gasteiger partial charge in [0, 0.05) is 17.9 Å². The van der Waals surface area contributed by atoms with Gasteiger partial charge in [-0.3, -0.25) is 9.52 Å². The molecule has 3 aromatic rings. The highest BCUT2D eigenvalue weighted by atomic mass is 32.2. The predicted octanol–water partition coefficient (Wildman–Crippen LogP) is 5.26. The van der Waals surface area contributed by atoms with Gasteiger partial charge >= 0.3 is 0 Å². The van der Waals surface area contributed by atoms with E-state index in [4.69, 9.17) is 0 Å². The summed E-state index contributed by atoms with van der Waals surface area (Å²) in [6.45, 7) is 4.83. The fraction of sp³-hybridized carbons (Fsp3) is 0.208. The molecule has 0 heterocycles. The molecule has 7 heteroatoms. The van der Waals surface area contributed by atoms with Gasteiger partial charge in [-0.05, 0) is 55.8 Å². The van der Waals surface area contributed by atoms with Crippen molar-refractivity contribution < 1.29 is 13.2 Å². The lowest BCUT2D eigenvalue weighted by molar-refractivity contribution is 0.102. The fourth-order valence-electron chi connectivity index (χ4n) is 2.99. The maximum Gasteiger partial charge on any atom is 0.261 e. The SMILES string of the molecule is CCCCNc1cccc(S(=O)(=O)Nc2ccccc2C(=O)Nc2ccc(C)cc2)c1. The zero-order chi connectivity index (χ0) is 22.3. The van der Waals surface area contributed by atoms with Gasteiger partial charge in [0.1, 0.15) is 0 Å². The molecule has 3 N–H and O–H groups in total. The third kappa shape index (κ3) is 6.08. The van der Waals surface area contributed by atoms with Crippen molar-refractivity contribution in [2.45, 2.75) is 31.6 Å². The zero-order valence-electron chi connectivity index (χ0n) is 17.7. The fourth-order valence-corrected chi connectivity index (χ4v) is 4.12. The van der Waals surface area contributed by atoms with Crippen LogP contribution in [0.5, 0.6) is 0 Å². The van der Waals surface area contributed by atoms with Gasteiger partial charge in [0.25, 0.3) is 15.9 Å². The van der Waals surface area contributed by atoms with E-state index in [2.05, 4.69) is 22.3 Å². The van der Waals surface area contributed by atoms with Crippen molar-refractivity contribution in [1.82, 2.24) is 0 Å². The molecule has 0 fully saturated rings. The van der Waals surface area contributed by atoms with Crippen LogP contribution in [0.3, 0.4) is 0 Å². The Morgan fingerprint density at radius 2 is 1.65 bits per heavy atom. The maximum atomic E-state index is 13.0. The first-order valence-electron chi connectivity index (χ1n) is 10.2. The van der Waals surface area contributed by atoms with Gasteiger partial charge in [0.05, 0.1) is 16.1 Å². The van der Waals surface area contributed by atoms with Gasteiger partial charge in [-0.1, -0.05) is 49.2 Å². The minimum Gasteiger partial charge on any atom is -0.385 e. The molecule has 162 valence electrons. The second kappa shape index (κ2) is 10.1. The summed E-state index contributed by atoms with van der Waals surface area (Å²) in [4.78, 5) is 12.9. The van der Waals surface area contributed by atoms with Crippen molar-refractivity contribution in [3.05, 3.63) is 83.9 Å². The number of para-hydroxylation sites is 1. The summed E-state index contributed by atoms with van der Waals surface area (Å²) < 4.78 is 28.5. The van der Waals surface area contributed by atoms with Crippen LogP contribution in [0, 0.1) is 6.92 Å². The smallest absolute Gasteiger partial charge is 0.261 e. The van der Waals surface area contributed by atoms with E-state index in [-0.39, 0.29) is 16.1 Å². The second-order valence-corrected chi connectivity index (χ2v) is 8.96. The Bertz CT molecular complexity index is 1140. The minimum absolute atomic E-state index is 0.128. The summed E-state index contributed by atoms with van der Waals surface area (Å²) in [6, 6.07) is 20.6. The van der Waals surface area contributed by atoms with Crippen molar-refractivity contribution in [2.24, 2.45) is 0 Å². The topological polar surface area (TPSA) is 87.3 Å². The van der Waals surface area contributed by atoms with Crippen LogP contribution in [0.2, 0.25) is 0 Å². The number of sulfonamides is 1. The molecule has 31 heavy (non-hydrogen) atoms. The number of nitrogens with one attached hydrogen (secondary N) is 3. The number of rotatable bonds is 9. The van der Waals surface area contributed by atoms with Gasteiger partial charge in [-0.25, -0.2) is 8.42 Å². The minimum atomic E-state index is -3.87. The Balaban J connectivity index is 1.80. The molecule has 0 aliphatic rings. The van der Waals surface area contributed by atoms with Gasteiger partial charge in [-0.15, -0.1) is 0 Å². The highest BCUT2D eigenvalue weighted by Crippen LogP contribution is 2.23. The van der Waals surface area contributed by atoms with E-state index < -0.39 is 15.9 Å². The van der Waals surface area contributed by atoms with E-state index in [9.17, 15) is 13.2 Å². The molecule has 0 aliphatic heterocycles. The van der Waals surface area contributed by atoms with E-state index in [1.807, 2.05) is 25.1 Å². The third-order valence-electron chi connectivity index (χ3n) is 4.73. The van der Waals surface area contributed by atoms with Crippen molar-refractivity contribution in [3.8, 4) is 0 Å². The summed E-state index contributed by atoms with van der Waals surface area (Å²) in [6.07, 6.45) is 2.05. The van der Waals surface area contributed by atoms with E-state index in [1.165, 1.54) is 6.07 Å². The highest BCUT2D eigenvalue weighted by Gasteiger charge is 2.19. The van der Waals surface area contributed by atoms with Crippen LogP contribution in [0.25, 0.3) is 0 Å². The summed E-state index contributed by atoms with van der Waals surface area (Å²) in [5.41, 5.74) is 2.92. The number of anilines is 3. The quantitative estimate of drug-likeness (QED) is 0.399. The largest absolute Gasteiger partial charge is 0.385 e. The van der Waals surface area contributed by atoms with Crippen LogP contribution in [-0.2, 0) is 10.0 Å². The molecule has 1 amide bonds. The normalized spacial score (nSPS) is 11.0. The summed E-state index contributed by atoms with van der Waals surface area (Å²) in [5.74, 6) is -0.392. The predicted molar refractivity (Wildman–Crippen MR) is 126 cm³/mol. The average Bonchev–Trinajstić information content (AvgIpc) is 2.76. The van der Waals surface area contributed by atoms with Crippen LogP contribution < -0.4 is 15.4 Å². The zero-order valence-corrected chi connectivity index (χ0v) is 18.5. The van der Waals surface area contributed by atoms with Crippen LogP contribution in [-0.4, -0.2) is 20.9 Å². The number of hydrogen-bond acceptors (Lipinski definition) is 4. The Morgan fingerprint density at radius 3 is 2.39 bits per heavy atom. The molecule has 0 atom stereocenters. The maximum absolute atomic E-state index is 13.0. The molecule has 3 aromatic carbocycles. The number of carbonyl (C=O) groups is 1. The molecular weight excluding hydrogens is 410 g/mol. The Hall–Kier alpha value is -3.32. The lowest BCUT2D eigenvalue weighted by Gasteiger charge is -2.14. The van der Waals surface area contributed by atoms with Crippen LogP contribution >= 0.6 is 0 Å². The average molecular weight is 438 g/mol. The first-order valence-corrected chi connectivity index (χ1v) is 11.7. The Labute approximate surface area is 183 Å². The lowest BCUT2D eigenvalue weighted by Crippen LogP contribution is -2.18. The molecular formula is C24H27N3O3S. The van der Waals surface area contributed by atoms with Crippen molar-refractivity contribution in [2.75, 3.05) is 21.9 Å². The van der Waals surface area contributed by atoms with Gasteiger partial charge < -0.3 is 10.6 Å². The molecule has 0 saturated carbocycles. The second-order valence-electron chi connectivity index (χ2n) is 7.28. The molecule has 0 radical (unpaired) electrons. The first kappa shape index (κ1) is 22.4. The third-order valence-corrected chi connectivity index (χ3v) is 6.09. The molecule has 0 spiro atoms. The molecule has 0 aliphatic carbocycles. The summed E-state index contributed by atoms with van der Waals surface area (Å²) in [7, 11) is -3.87. The Morgan fingerprint density at radius 1 is 0.903 bits per heavy atom.